The zero-order valence-electron chi connectivity index (χ0n) is 11.1. The molecule has 5 nitrogen and oxygen atoms in total. The molecular weight excluding hydrogens is 282 g/mol. The van der Waals surface area contributed by atoms with E-state index in [4.69, 9.17) is 21.4 Å². The predicted octanol–water partition coefficient (Wildman–Crippen LogP) is 2.94. The molecule has 1 aliphatic rings. The van der Waals surface area contributed by atoms with E-state index in [9.17, 15) is 9.59 Å². The van der Waals surface area contributed by atoms with E-state index in [0.717, 1.165) is 5.56 Å². The van der Waals surface area contributed by atoms with Crippen LogP contribution in [0.2, 0.25) is 0 Å². The Morgan fingerprint density at radius 2 is 2.30 bits per heavy atom. The van der Waals surface area contributed by atoms with Crippen molar-refractivity contribution in [3.05, 3.63) is 23.8 Å². The zero-order valence-corrected chi connectivity index (χ0v) is 11.8. The first-order valence-corrected chi connectivity index (χ1v) is 6.88. The quantitative estimate of drug-likeness (QED) is 0.819. The highest BCUT2D eigenvalue weighted by Gasteiger charge is 2.24. The summed E-state index contributed by atoms with van der Waals surface area (Å²) in [4.78, 5) is 22.0. The molecule has 1 aromatic carbocycles. The molecular formula is C14H16ClNO4. The van der Waals surface area contributed by atoms with Gasteiger partial charge in [0, 0.05) is 6.42 Å². The third-order valence-corrected chi connectivity index (χ3v) is 3.61. The Kier molecular flexibility index (Phi) is 4.49. The van der Waals surface area contributed by atoms with Crippen LogP contribution in [0.1, 0.15) is 37.1 Å². The number of halogens is 1. The van der Waals surface area contributed by atoms with Crippen molar-refractivity contribution in [1.29, 1.82) is 0 Å². The van der Waals surface area contributed by atoms with Crippen molar-refractivity contribution in [2.75, 3.05) is 5.32 Å². The summed E-state index contributed by atoms with van der Waals surface area (Å²) in [6, 6.07) is 5.38. The van der Waals surface area contributed by atoms with Crippen molar-refractivity contribution in [2.45, 2.75) is 37.7 Å². The van der Waals surface area contributed by atoms with Crippen LogP contribution in [-0.4, -0.2) is 23.1 Å². The van der Waals surface area contributed by atoms with Gasteiger partial charge in [-0.05, 0) is 37.5 Å². The topological polar surface area (TPSA) is 75.6 Å². The highest BCUT2D eigenvalue weighted by molar-refractivity contribution is 6.20. The molecule has 1 amide bonds. The first kappa shape index (κ1) is 14.7. The minimum Gasteiger partial charge on any atom is -0.481 e. The van der Waals surface area contributed by atoms with E-state index in [-0.39, 0.29) is 17.7 Å². The molecule has 6 heteroatoms. The lowest BCUT2D eigenvalue weighted by Gasteiger charge is -2.24. The Bertz CT molecular complexity index is 532. The summed E-state index contributed by atoms with van der Waals surface area (Å²) in [5.41, 5.74) is 1.45. The number of fused-ring (bicyclic) bond motifs is 1. The number of amides is 1. The number of hydrogen-bond donors (Lipinski definition) is 2. The number of anilines is 1. The number of ether oxygens (including phenoxy) is 1. The van der Waals surface area contributed by atoms with E-state index in [1.165, 1.54) is 0 Å². The highest BCUT2D eigenvalue weighted by atomic mass is 35.5. The molecule has 0 aliphatic carbocycles. The highest BCUT2D eigenvalue weighted by Crippen LogP contribution is 2.35. The predicted molar refractivity (Wildman–Crippen MR) is 75.2 cm³/mol. The molecule has 0 saturated heterocycles. The van der Waals surface area contributed by atoms with Crippen LogP contribution in [0.3, 0.4) is 0 Å². The van der Waals surface area contributed by atoms with E-state index >= 15 is 0 Å². The van der Waals surface area contributed by atoms with Crippen molar-refractivity contribution < 1.29 is 19.4 Å². The molecule has 2 rings (SSSR count). The average Bonchev–Trinajstić information content (AvgIpc) is 2.39. The van der Waals surface area contributed by atoms with Gasteiger partial charge in [-0.25, -0.2) is 0 Å². The molecule has 0 spiro atoms. The largest absolute Gasteiger partial charge is 0.481 e. The second-order valence-corrected chi connectivity index (χ2v) is 5.29. The Morgan fingerprint density at radius 3 is 3.00 bits per heavy atom. The minimum atomic E-state index is -0.825. The Balaban J connectivity index is 2.05. The molecule has 2 atom stereocenters. The second-order valence-electron chi connectivity index (χ2n) is 4.76. The monoisotopic (exact) mass is 297 g/mol. The molecule has 108 valence electrons. The number of alkyl halides is 1. The number of benzene rings is 1. The molecule has 1 aliphatic heterocycles. The lowest BCUT2D eigenvalue weighted by Crippen LogP contribution is -2.34. The fraction of sp³-hybridized carbons (Fsp3) is 0.429. The molecule has 0 fully saturated rings. The lowest BCUT2D eigenvalue weighted by atomic mass is 10.0. The summed E-state index contributed by atoms with van der Waals surface area (Å²) in [7, 11) is 0. The van der Waals surface area contributed by atoms with Crippen LogP contribution in [0.5, 0.6) is 5.75 Å². The van der Waals surface area contributed by atoms with Crippen LogP contribution in [0.4, 0.5) is 5.69 Å². The van der Waals surface area contributed by atoms with Gasteiger partial charge in [-0.1, -0.05) is 6.07 Å². The number of carbonyl (C=O) groups is 2. The summed E-state index contributed by atoms with van der Waals surface area (Å²) in [5.74, 6) is -0.393. The maximum Gasteiger partial charge on any atom is 0.303 e. The van der Waals surface area contributed by atoms with Crippen LogP contribution in [0, 0.1) is 0 Å². The normalized spacial score (nSPS) is 18.7. The summed E-state index contributed by atoms with van der Waals surface area (Å²) < 4.78 is 5.46. The molecule has 1 aromatic rings. The van der Waals surface area contributed by atoms with E-state index in [0.29, 0.717) is 24.3 Å². The van der Waals surface area contributed by atoms with Crippen molar-refractivity contribution in [3.8, 4) is 5.75 Å². The lowest BCUT2D eigenvalue weighted by molar-refractivity contribution is -0.137. The number of hydrogen-bond acceptors (Lipinski definition) is 3. The number of nitrogens with one attached hydrogen (secondary N) is 1. The number of carbonyl (C=O) groups excluding carboxylic acids is 1. The summed E-state index contributed by atoms with van der Waals surface area (Å²) in [6.45, 7) is 1.68. The van der Waals surface area contributed by atoms with Crippen molar-refractivity contribution in [3.63, 3.8) is 0 Å². The van der Waals surface area contributed by atoms with Crippen LogP contribution in [0.25, 0.3) is 0 Å². The molecule has 20 heavy (non-hydrogen) atoms. The SMILES string of the molecule is CC1Oc2ccc(C(Cl)CCCC(=O)O)cc2NC1=O. The van der Waals surface area contributed by atoms with Crippen LogP contribution in [0.15, 0.2) is 18.2 Å². The van der Waals surface area contributed by atoms with Gasteiger partial charge in [0.05, 0.1) is 11.1 Å². The number of rotatable bonds is 5. The molecule has 0 aromatic heterocycles. The molecule has 1 heterocycles. The Morgan fingerprint density at radius 1 is 1.55 bits per heavy atom. The maximum atomic E-state index is 11.6. The van der Waals surface area contributed by atoms with Crippen LogP contribution < -0.4 is 10.1 Å². The molecule has 0 radical (unpaired) electrons. The second kappa shape index (κ2) is 6.13. The van der Waals surface area contributed by atoms with Gasteiger partial charge in [-0.15, -0.1) is 11.6 Å². The standard InChI is InChI=1S/C14H16ClNO4/c1-8-14(19)16-11-7-9(5-6-12(11)20-8)10(15)3-2-4-13(17)18/h5-8,10H,2-4H2,1H3,(H,16,19)(H,17,18). The van der Waals surface area contributed by atoms with E-state index in [2.05, 4.69) is 5.32 Å². The number of carboxylic acid groups (broad SMARTS) is 1. The first-order chi connectivity index (χ1) is 9.47. The van der Waals surface area contributed by atoms with Crippen molar-refractivity contribution in [2.24, 2.45) is 0 Å². The van der Waals surface area contributed by atoms with Crippen LogP contribution >= 0.6 is 11.6 Å². The third-order valence-electron chi connectivity index (χ3n) is 3.14. The minimum absolute atomic E-state index is 0.103. The van der Waals surface area contributed by atoms with E-state index in [1.807, 2.05) is 6.07 Å². The summed E-state index contributed by atoms with van der Waals surface area (Å²) in [5, 5.41) is 11.1. The van der Waals surface area contributed by atoms with Gasteiger partial charge < -0.3 is 15.2 Å². The summed E-state index contributed by atoms with van der Waals surface area (Å²) >= 11 is 6.25. The van der Waals surface area contributed by atoms with Gasteiger partial charge >= 0.3 is 5.97 Å². The zero-order chi connectivity index (χ0) is 14.7. The molecule has 2 N–H and O–H groups in total. The number of carboxylic acids is 1. The van der Waals surface area contributed by atoms with Gasteiger partial charge in [0.1, 0.15) is 5.75 Å². The Hall–Kier alpha value is -1.75. The average molecular weight is 298 g/mol. The molecule has 2 unspecified atom stereocenters. The van der Waals surface area contributed by atoms with E-state index in [1.54, 1.807) is 19.1 Å². The van der Waals surface area contributed by atoms with Gasteiger partial charge in [-0.3, -0.25) is 9.59 Å². The van der Waals surface area contributed by atoms with Crippen molar-refractivity contribution >= 4 is 29.2 Å². The summed E-state index contributed by atoms with van der Waals surface area (Å²) in [6.07, 6.45) is 0.680. The maximum absolute atomic E-state index is 11.6. The van der Waals surface area contributed by atoms with Crippen molar-refractivity contribution in [1.82, 2.24) is 0 Å². The fourth-order valence-corrected chi connectivity index (χ4v) is 2.31. The van der Waals surface area contributed by atoms with Gasteiger partial charge in [-0.2, -0.15) is 0 Å². The molecule has 0 bridgehead atoms. The Labute approximate surface area is 121 Å². The smallest absolute Gasteiger partial charge is 0.303 e. The number of aliphatic carboxylic acids is 1. The van der Waals surface area contributed by atoms with Crippen LogP contribution in [-0.2, 0) is 9.59 Å². The van der Waals surface area contributed by atoms with E-state index < -0.39 is 12.1 Å². The van der Waals surface area contributed by atoms with Gasteiger partial charge in [0.15, 0.2) is 6.10 Å². The first-order valence-electron chi connectivity index (χ1n) is 6.44. The van der Waals surface area contributed by atoms with Gasteiger partial charge in [0.2, 0.25) is 0 Å². The van der Waals surface area contributed by atoms with Gasteiger partial charge in [0.25, 0.3) is 5.91 Å². The fourth-order valence-electron chi connectivity index (χ4n) is 2.02. The molecule has 0 saturated carbocycles. The third kappa shape index (κ3) is 3.42.